The highest BCUT2D eigenvalue weighted by Crippen LogP contribution is 2.34. The SMILES string of the molecule is Cc1ccc(-c2cccc(Br)n2)n1-c1cc(Cl)ccc1OCC1CCCCC1. The Bertz CT molecular complexity index is 963. The van der Waals surface area contributed by atoms with E-state index < -0.39 is 0 Å². The van der Waals surface area contributed by atoms with Crippen molar-refractivity contribution < 1.29 is 4.74 Å². The van der Waals surface area contributed by atoms with E-state index in [1.807, 2.05) is 36.4 Å². The molecule has 1 fully saturated rings. The van der Waals surface area contributed by atoms with Crippen molar-refractivity contribution in [2.75, 3.05) is 6.61 Å². The summed E-state index contributed by atoms with van der Waals surface area (Å²) in [6.07, 6.45) is 6.51. The molecule has 3 aromatic rings. The molecule has 28 heavy (non-hydrogen) atoms. The Labute approximate surface area is 179 Å². The number of halogens is 2. The summed E-state index contributed by atoms with van der Waals surface area (Å²) in [6, 6.07) is 16.0. The number of aryl methyl sites for hydroxylation is 1. The molecular formula is C23H24BrClN2O. The molecule has 0 bridgehead atoms. The lowest BCUT2D eigenvalue weighted by atomic mass is 9.90. The van der Waals surface area contributed by atoms with Gasteiger partial charge in [-0.2, -0.15) is 0 Å². The zero-order valence-electron chi connectivity index (χ0n) is 16.0. The lowest BCUT2D eigenvalue weighted by Gasteiger charge is -2.23. The molecule has 1 aliphatic carbocycles. The molecule has 0 N–H and O–H groups in total. The van der Waals surface area contributed by atoms with Crippen molar-refractivity contribution in [3.05, 3.63) is 63.9 Å². The number of aromatic nitrogens is 2. The second-order valence-electron chi connectivity index (χ2n) is 7.47. The summed E-state index contributed by atoms with van der Waals surface area (Å²) in [5.74, 6) is 1.51. The van der Waals surface area contributed by atoms with Crippen LogP contribution in [0.4, 0.5) is 0 Å². The Kier molecular flexibility index (Phi) is 6.07. The Balaban J connectivity index is 1.71. The van der Waals surface area contributed by atoms with Crippen LogP contribution in [0.5, 0.6) is 5.75 Å². The molecule has 2 aromatic heterocycles. The number of hydrogen-bond donors (Lipinski definition) is 0. The van der Waals surface area contributed by atoms with Gasteiger partial charge in [0.25, 0.3) is 0 Å². The molecule has 3 nitrogen and oxygen atoms in total. The standard InChI is InChI=1S/C23H24BrClN2O/c1-16-10-12-20(19-8-5-9-23(24)26-19)27(16)21-14-18(25)11-13-22(21)28-15-17-6-3-2-4-7-17/h5,8-14,17H,2-4,6-7,15H2,1H3. The zero-order chi connectivity index (χ0) is 19.5. The molecule has 0 aliphatic heterocycles. The molecule has 1 aliphatic rings. The molecule has 0 spiro atoms. The third-order valence-corrected chi connectivity index (χ3v) is 6.09. The molecule has 5 heteroatoms. The number of hydrogen-bond acceptors (Lipinski definition) is 2. The molecular weight excluding hydrogens is 436 g/mol. The monoisotopic (exact) mass is 458 g/mol. The molecule has 146 valence electrons. The lowest BCUT2D eigenvalue weighted by Crippen LogP contribution is -2.16. The summed E-state index contributed by atoms with van der Waals surface area (Å²) in [4.78, 5) is 4.64. The van der Waals surface area contributed by atoms with E-state index in [1.54, 1.807) is 0 Å². The maximum absolute atomic E-state index is 6.37. The smallest absolute Gasteiger partial charge is 0.143 e. The van der Waals surface area contributed by atoms with Gasteiger partial charge < -0.3 is 9.30 Å². The van der Waals surface area contributed by atoms with Gasteiger partial charge in [0, 0.05) is 10.7 Å². The summed E-state index contributed by atoms with van der Waals surface area (Å²) in [5.41, 5.74) is 3.99. The topological polar surface area (TPSA) is 27.1 Å². The van der Waals surface area contributed by atoms with Crippen LogP contribution >= 0.6 is 27.5 Å². The molecule has 0 unspecified atom stereocenters. The van der Waals surface area contributed by atoms with Crippen LogP contribution in [0.3, 0.4) is 0 Å². The van der Waals surface area contributed by atoms with E-state index >= 15 is 0 Å². The highest BCUT2D eigenvalue weighted by atomic mass is 79.9. The van der Waals surface area contributed by atoms with Gasteiger partial charge in [-0.3, -0.25) is 0 Å². The first kappa shape index (κ1) is 19.5. The number of ether oxygens (including phenoxy) is 1. The Morgan fingerprint density at radius 2 is 1.93 bits per heavy atom. The quantitative estimate of drug-likeness (QED) is 0.376. The predicted molar refractivity (Wildman–Crippen MR) is 119 cm³/mol. The molecule has 1 aromatic carbocycles. The van der Waals surface area contributed by atoms with Gasteiger partial charge in [0.2, 0.25) is 0 Å². The molecule has 0 amide bonds. The highest BCUT2D eigenvalue weighted by Gasteiger charge is 2.18. The van der Waals surface area contributed by atoms with Crippen LogP contribution in [0.15, 0.2) is 53.1 Å². The maximum atomic E-state index is 6.37. The average molecular weight is 460 g/mol. The third-order valence-electron chi connectivity index (χ3n) is 5.41. The van der Waals surface area contributed by atoms with Crippen molar-refractivity contribution in [2.45, 2.75) is 39.0 Å². The maximum Gasteiger partial charge on any atom is 0.143 e. The molecule has 2 heterocycles. The summed E-state index contributed by atoms with van der Waals surface area (Å²) >= 11 is 9.84. The predicted octanol–water partition coefficient (Wildman–Crippen LogP) is 7.22. The van der Waals surface area contributed by atoms with E-state index in [9.17, 15) is 0 Å². The minimum atomic E-state index is 0.647. The number of nitrogens with zero attached hydrogens (tertiary/aromatic N) is 2. The van der Waals surface area contributed by atoms with Crippen molar-refractivity contribution in [3.63, 3.8) is 0 Å². The van der Waals surface area contributed by atoms with Crippen LogP contribution in [-0.2, 0) is 0 Å². The summed E-state index contributed by atoms with van der Waals surface area (Å²) in [5, 5.41) is 0.696. The molecule has 1 saturated carbocycles. The van der Waals surface area contributed by atoms with E-state index in [4.69, 9.17) is 16.3 Å². The van der Waals surface area contributed by atoms with Crippen molar-refractivity contribution >= 4 is 27.5 Å². The van der Waals surface area contributed by atoms with E-state index in [2.05, 4.69) is 44.5 Å². The van der Waals surface area contributed by atoms with Crippen molar-refractivity contribution in [3.8, 4) is 22.8 Å². The number of pyridine rings is 1. The fraction of sp³-hybridized carbons (Fsp3) is 0.348. The van der Waals surface area contributed by atoms with E-state index in [0.29, 0.717) is 10.9 Å². The van der Waals surface area contributed by atoms with Gasteiger partial charge >= 0.3 is 0 Å². The first-order chi connectivity index (χ1) is 13.6. The van der Waals surface area contributed by atoms with Crippen LogP contribution in [0, 0.1) is 12.8 Å². The highest BCUT2D eigenvalue weighted by molar-refractivity contribution is 9.10. The van der Waals surface area contributed by atoms with Crippen molar-refractivity contribution in [1.29, 1.82) is 0 Å². The molecule has 0 saturated heterocycles. The van der Waals surface area contributed by atoms with Crippen LogP contribution in [0.1, 0.15) is 37.8 Å². The second-order valence-corrected chi connectivity index (χ2v) is 8.72. The van der Waals surface area contributed by atoms with Crippen molar-refractivity contribution in [1.82, 2.24) is 9.55 Å². The molecule has 4 rings (SSSR count). The van der Waals surface area contributed by atoms with Gasteiger partial charge in [0.15, 0.2) is 0 Å². The van der Waals surface area contributed by atoms with Gasteiger partial charge in [-0.1, -0.05) is 36.9 Å². The van der Waals surface area contributed by atoms with E-state index in [0.717, 1.165) is 39.7 Å². The molecule has 0 atom stereocenters. The zero-order valence-corrected chi connectivity index (χ0v) is 18.3. The Morgan fingerprint density at radius 1 is 1.11 bits per heavy atom. The van der Waals surface area contributed by atoms with E-state index in [1.165, 1.54) is 32.1 Å². The second kappa shape index (κ2) is 8.71. The van der Waals surface area contributed by atoms with Gasteiger partial charge in [0.05, 0.1) is 23.7 Å². The number of benzene rings is 1. The minimum Gasteiger partial charge on any atom is -0.491 e. The summed E-state index contributed by atoms with van der Waals surface area (Å²) in [7, 11) is 0. The average Bonchev–Trinajstić information content (AvgIpc) is 3.09. The summed E-state index contributed by atoms with van der Waals surface area (Å²) < 4.78 is 9.31. The van der Waals surface area contributed by atoms with Crippen LogP contribution < -0.4 is 4.74 Å². The van der Waals surface area contributed by atoms with Crippen LogP contribution in [0.25, 0.3) is 17.1 Å². The van der Waals surface area contributed by atoms with Crippen molar-refractivity contribution in [2.24, 2.45) is 5.92 Å². The normalized spacial score (nSPS) is 15.0. The largest absolute Gasteiger partial charge is 0.491 e. The first-order valence-electron chi connectivity index (χ1n) is 9.86. The molecule has 0 radical (unpaired) electrons. The van der Waals surface area contributed by atoms with Crippen LogP contribution in [-0.4, -0.2) is 16.2 Å². The van der Waals surface area contributed by atoms with Gasteiger partial charge in [-0.05, 0) is 84.1 Å². The van der Waals surface area contributed by atoms with Gasteiger partial charge in [0.1, 0.15) is 10.4 Å². The summed E-state index contributed by atoms with van der Waals surface area (Å²) in [6.45, 7) is 2.85. The van der Waals surface area contributed by atoms with Gasteiger partial charge in [-0.25, -0.2) is 4.98 Å². The lowest BCUT2D eigenvalue weighted by molar-refractivity contribution is 0.208. The first-order valence-corrected chi connectivity index (χ1v) is 11.0. The van der Waals surface area contributed by atoms with Gasteiger partial charge in [-0.15, -0.1) is 0 Å². The Hall–Kier alpha value is -1.78. The van der Waals surface area contributed by atoms with E-state index in [-0.39, 0.29) is 0 Å². The fourth-order valence-electron chi connectivity index (χ4n) is 3.96. The number of rotatable bonds is 5. The van der Waals surface area contributed by atoms with Crippen LogP contribution in [0.2, 0.25) is 5.02 Å². The minimum absolute atomic E-state index is 0.647. The Morgan fingerprint density at radius 3 is 2.71 bits per heavy atom. The third kappa shape index (κ3) is 4.28. The fourth-order valence-corrected chi connectivity index (χ4v) is 4.47.